The van der Waals surface area contributed by atoms with E-state index < -0.39 is 0 Å². The average Bonchev–Trinajstić information content (AvgIpc) is 2.64. The Labute approximate surface area is 146 Å². The van der Waals surface area contributed by atoms with Crippen LogP contribution in [-0.2, 0) is 0 Å². The molecule has 0 aromatic heterocycles. The zero-order chi connectivity index (χ0) is 17.1. The number of anilines is 2. The van der Waals surface area contributed by atoms with Gasteiger partial charge in [-0.3, -0.25) is 4.79 Å². The molecule has 0 spiro atoms. The number of ether oxygens (including phenoxy) is 1. The van der Waals surface area contributed by atoms with Crippen LogP contribution in [0.3, 0.4) is 0 Å². The molecule has 1 amide bonds. The molecule has 1 heterocycles. The van der Waals surface area contributed by atoms with Crippen molar-refractivity contribution >= 4 is 28.9 Å². The summed E-state index contributed by atoms with van der Waals surface area (Å²) >= 11 is 6.07. The number of halogens is 1. The second-order valence-corrected chi connectivity index (χ2v) is 6.10. The van der Waals surface area contributed by atoms with E-state index in [9.17, 15) is 4.79 Å². The van der Waals surface area contributed by atoms with E-state index in [0.29, 0.717) is 35.1 Å². The molecule has 126 valence electrons. The molecule has 24 heavy (non-hydrogen) atoms. The van der Waals surface area contributed by atoms with Crippen molar-refractivity contribution in [3.63, 3.8) is 0 Å². The number of carbonyl (C=O) groups excluding carboxylic acids is 1. The van der Waals surface area contributed by atoms with Crippen LogP contribution in [-0.4, -0.2) is 44.1 Å². The molecule has 0 atom stereocenters. The Balaban J connectivity index is 1.73. The second kappa shape index (κ2) is 7.01. The third-order valence-electron chi connectivity index (χ3n) is 4.24. The van der Waals surface area contributed by atoms with E-state index in [-0.39, 0.29) is 5.91 Å². The molecule has 0 saturated carbocycles. The van der Waals surface area contributed by atoms with Gasteiger partial charge in [-0.05, 0) is 18.2 Å². The zero-order valence-corrected chi connectivity index (χ0v) is 14.3. The van der Waals surface area contributed by atoms with Crippen LogP contribution in [0.5, 0.6) is 5.75 Å². The number of nitrogens with two attached hydrogens (primary N) is 1. The normalized spacial score (nSPS) is 14.6. The summed E-state index contributed by atoms with van der Waals surface area (Å²) in [6.45, 7) is 2.89. The highest BCUT2D eigenvalue weighted by atomic mass is 35.5. The first-order valence-electron chi connectivity index (χ1n) is 7.82. The number of methoxy groups -OCH3 is 1. The number of hydrogen-bond acceptors (Lipinski definition) is 4. The maximum absolute atomic E-state index is 12.8. The van der Waals surface area contributed by atoms with Gasteiger partial charge in [0.1, 0.15) is 5.75 Å². The summed E-state index contributed by atoms with van der Waals surface area (Å²) in [7, 11) is 1.52. The molecule has 2 aromatic carbocycles. The molecule has 0 aliphatic carbocycles. The zero-order valence-electron chi connectivity index (χ0n) is 13.5. The number of nitrogen functional groups attached to an aromatic ring is 1. The number of nitrogens with zero attached hydrogens (tertiary/aromatic N) is 2. The van der Waals surface area contributed by atoms with Gasteiger partial charge >= 0.3 is 0 Å². The fraction of sp³-hybridized carbons (Fsp3) is 0.278. The number of amides is 1. The van der Waals surface area contributed by atoms with Crippen LogP contribution < -0.4 is 15.4 Å². The molecule has 5 nitrogen and oxygen atoms in total. The van der Waals surface area contributed by atoms with Crippen molar-refractivity contribution in [3.8, 4) is 5.75 Å². The summed E-state index contributed by atoms with van der Waals surface area (Å²) in [4.78, 5) is 16.9. The molecule has 1 saturated heterocycles. The third kappa shape index (κ3) is 3.26. The molecule has 6 heteroatoms. The van der Waals surface area contributed by atoms with Gasteiger partial charge in [-0.15, -0.1) is 0 Å². The van der Waals surface area contributed by atoms with Crippen LogP contribution in [0.4, 0.5) is 11.4 Å². The highest BCUT2D eigenvalue weighted by molar-refractivity contribution is 6.33. The van der Waals surface area contributed by atoms with Gasteiger partial charge in [0.2, 0.25) is 0 Å². The van der Waals surface area contributed by atoms with Gasteiger partial charge in [-0.1, -0.05) is 29.8 Å². The topological polar surface area (TPSA) is 58.8 Å². The molecule has 0 bridgehead atoms. The van der Waals surface area contributed by atoms with Crippen molar-refractivity contribution in [3.05, 3.63) is 53.1 Å². The Morgan fingerprint density at radius 2 is 1.79 bits per heavy atom. The second-order valence-electron chi connectivity index (χ2n) is 5.69. The van der Waals surface area contributed by atoms with Crippen LogP contribution in [0.1, 0.15) is 10.4 Å². The Morgan fingerprint density at radius 1 is 1.12 bits per heavy atom. The van der Waals surface area contributed by atoms with Crippen molar-refractivity contribution in [2.75, 3.05) is 43.9 Å². The molecular weight excluding hydrogens is 326 g/mol. The minimum Gasteiger partial charge on any atom is -0.496 e. The highest BCUT2D eigenvalue weighted by Gasteiger charge is 2.25. The Kier molecular flexibility index (Phi) is 4.81. The Morgan fingerprint density at radius 3 is 2.42 bits per heavy atom. The van der Waals surface area contributed by atoms with Crippen molar-refractivity contribution < 1.29 is 9.53 Å². The Bertz CT molecular complexity index is 729. The minimum absolute atomic E-state index is 0.0820. The quantitative estimate of drug-likeness (QED) is 0.869. The summed E-state index contributed by atoms with van der Waals surface area (Å²) in [5.41, 5.74) is 7.81. The molecule has 3 rings (SSSR count). The molecule has 1 aliphatic heterocycles. The van der Waals surface area contributed by atoms with Gasteiger partial charge in [0, 0.05) is 37.9 Å². The van der Waals surface area contributed by atoms with E-state index in [4.69, 9.17) is 22.1 Å². The van der Waals surface area contributed by atoms with E-state index >= 15 is 0 Å². The van der Waals surface area contributed by atoms with Crippen LogP contribution in [0.25, 0.3) is 0 Å². The van der Waals surface area contributed by atoms with E-state index in [1.165, 1.54) is 12.8 Å². The summed E-state index contributed by atoms with van der Waals surface area (Å²) < 4.78 is 5.29. The largest absolute Gasteiger partial charge is 0.496 e. The number of benzene rings is 2. The van der Waals surface area contributed by atoms with Gasteiger partial charge in [0.25, 0.3) is 5.91 Å². The number of rotatable bonds is 3. The molecule has 2 aromatic rings. The minimum atomic E-state index is -0.0820. The fourth-order valence-electron chi connectivity index (χ4n) is 2.88. The average molecular weight is 346 g/mol. The highest BCUT2D eigenvalue weighted by Crippen LogP contribution is 2.30. The smallest absolute Gasteiger partial charge is 0.257 e. The summed E-state index contributed by atoms with van der Waals surface area (Å²) in [5, 5.41) is 0.363. The molecule has 0 unspecified atom stereocenters. The number of piperazine rings is 1. The van der Waals surface area contributed by atoms with Crippen molar-refractivity contribution in [2.24, 2.45) is 0 Å². The first kappa shape index (κ1) is 16.5. The van der Waals surface area contributed by atoms with Gasteiger partial charge in [0.15, 0.2) is 0 Å². The maximum Gasteiger partial charge on any atom is 0.257 e. The SMILES string of the molecule is COc1cc(N)c(Cl)cc1C(=O)N1CCN(c2ccccc2)CC1. The Hall–Kier alpha value is -2.40. The van der Waals surface area contributed by atoms with Crippen LogP contribution in [0, 0.1) is 0 Å². The van der Waals surface area contributed by atoms with Crippen molar-refractivity contribution in [1.29, 1.82) is 0 Å². The first-order valence-corrected chi connectivity index (χ1v) is 8.20. The molecule has 2 N–H and O–H groups in total. The lowest BCUT2D eigenvalue weighted by Crippen LogP contribution is -2.48. The van der Waals surface area contributed by atoms with Crippen molar-refractivity contribution in [1.82, 2.24) is 4.90 Å². The summed E-state index contributed by atoms with van der Waals surface area (Å²) in [5.74, 6) is 0.369. The van der Waals surface area contributed by atoms with Gasteiger partial charge < -0.3 is 20.3 Å². The summed E-state index contributed by atoms with van der Waals surface area (Å²) in [6, 6.07) is 13.4. The lowest BCUT2D eigenvalue weighted by molar-refractivity contribution is 0.0743. The van der Waals surface area contributed by atoms with E-state index in [2.05, 4.69) is 17.0 Å². The van der Waals surface area contributed by atoms with Crippen molar-refractivity contribution in [2.45, 2.75) is 0 Å². The van der Waals surface area contributed by atoms with E-state index in [1.54, 1.807) is 12.1 Å². The van der Waals surface area contributed by atoms with Gasteiger partial charge in [0.05, 0.1) is 23.4 Å². The number of hydrogen-bond donors (Lipinski definition) is 1. The van der Waals surface area contributed by atoms with Gasteiger partial charge in [-0.25, -0.2) is 0 Å². The van der Waals surface area contributed by atoms with Crippen LogP contribution in [0.15, 0.2) is 42.5 Å². The molecule has 0 radical (unpaired) electrons. The molecular formula is C18H20ClN3O2. The van der Waals surface area contributed by atoms with Gasteiger partial charge in [-0.2, -0.15) is 0 Å². The lowest BCUT2D eigenvalue weighted by Gasteiger charge is -2.36. The van der Waals surface area contributed by atoms with E-state index in [1.807, 2.05) is 23.1 Å². The fourth-order valence-corrected chi connectivity index (χ4v) is 3.05. The third-order valence-corrected chi connectivity index (χ3v) is 4.56. The van der Waals surface area contributed by atoms with Crippen LogP contribution >= 0.6 is 11.6 Å². The lowest BCUT2D eigenvalue weighted by atomic mass is 10.1. The first-order chi connectivity index (χ1) is 11.6. The maximum atomic E-state index is 12.8. The summed E-state index contributed by atoms with van der Waals surface area (Å²) in [6.07, 6.45) is 0. The predicted molar refractivity (Wildman–Crippen MR) is 97.0 cm³/mol. The standard InChI is InChI=1S/C18H20ClN3O2/c1-24-17-12-16(20)15(19)11-14(17)18(23)22-9-7-21(8-10-22)13-5-3-2-4-6-13/h2-6,11-12H,7-10,20H2,1H3. The molecule has 1 aliphatic rings. The number of carbonyl (C=O) groups is 1. The predicted octanol–water partition coefficient (Wildman–Crippen LogP) is 2.89. The monoisotopic (exact) mass is 345 g/mol. The van der Waals surface area contributed by atoms with Crippen LogP contribution in [0.2, 0.25) is 5.02 Å². The van der Waals surface area contributed by atoms with E-state index in [0.717, 1.165) is 13.1 Å². The number of para-hydroxylation sites is 1. The molecule has 1 fully saturated rings.